The van der Waals surface area contributed by atoms with Gasteiger partial charge in [0.15, 0.2) is 0 Å². The van der Waals surface area contributed by atoms with Crippen molar-refractivity contribution in [2.75, 3.05) is 7.11 Å². The second-order valence-corrected chi connectivity index (χ2v) is 5.12. The zero-order valence-corrected chi connectivity index (χ0v) is 12.6. The highest BCUT2D eigenvalue weighted by molar-refractivity contribution is 6.32. The van der Waals surface area contributed by atoms with Crippen LogP contribution >= 0.6 is 23.2 Å². The molecule has 3 nitrogen and oxygen atoms in total. The maximum atomic E-state index is 13.4. The number of benzene rings is 2. The van der Waals surface area contributed by atoms with Gasteiger partial charge in [-0.3, -0.25) is 4.57 Å². The molecule has 1 heterocycles. The van der Waals surface area contributed by atoms with Crippen molar-refractivity contribution in [1.29, 1.82) is 0 Å². The van der Waals surface area contributed by atoms with Gasteiger partial charge in [0.2, 0.25) is 0 Å². The number of alkyl halides is 1. The molecule has 3 aromatic rings. The van der Waals surface area contributed by atoms with Crippen molar-refractivity contribution in [3.05, 3.63) is 53.1 Å². The van der Waals surface area contributed by atoms with Gasteiger partial charge in [-0.15, -0.1) is 11.6 Å². The van der Waals surface area contributed by atoms with Crippen LogP contribution in [0.25, 0.3) is 16.7 Å². The smallest absolute Gasteiger partial charge is 0.129 e. The van der Waals surface area contributed by atoms with Gasteiger partial charge in [-0.2, -0.15) is 0 Å². The highest BCUT2D eigenvalue weighted by Gasteiger charge is 2.15. The molecule has 2 aromatic carbocycles. The van der Waals surface area contributed by atoms with E-state index in [4.69, 9.17) is 27.9 Å². The Kier molecular flexibility index (Phi) is 3.74. The number of fused-ring (bicyclic) bond motifs is 1. The molecule has 0 aliphatic carbocycles. The first-order chi connectivity index (χ1) is 10.1. The van der Waals surface area contributed by atoms with E-state index >= 15 is 0 Å². The molecular weight excluding hydrogens is 314 g/mol. The highest BCUT2D eigenvalue weighted by atomic mass is 35.5. The molecule has 3 rings (SSSR count). The predicted molar refractivity (Wildman–Crippen MR) is 82.1 cm³/mol. The first kappa shape index (κ1) is 14.2. The van der Waals surface area contributed by atoms with E-state index in [2.05, 4.69) is 4.98 Å². The summed E-state index contributed by atoms with van der Waals surface area (Å²) in [6.07, 6.45) is 0. The Labute approximate surface area is 130 Å². The summed E-state index contributed by atoms with van der Waals surface area (Å²) < 4.78 is 20.4. The van der Waals surface area contributed by atoms with Crippen LogP contribution in [0.5, 0.6) is 5.75 Å². The molecule has 0 saturated heterocycles. The lowest BCUT2D eigenvalue weighted by Gasteiger charge is -2.11. The van der Waals surface area contributed by atoms with E-state index in [0.29, 0.717) is 27.8 Å². The Bertz CT molecular complexity index is 817. The third-order valence-corrected chi connectivity index (χ3v) is 3.76. The summed E-state index contributed by atoms with van der Waals surface area (Å²) in [5.74, 6) is 1.10. The summed E-state index contributed by atoms with van der Waals surface area (Å²) in [5, 5.41) is 0.533. The van der Waals surface area contributed by atoms with E-state index in [9.17, 15) is 4.39 Å². The van der Waals surface area contributed by atoms with Crippen LogP contribution in [0.1, 0.15) is 5.82 Å². The highest BCUT2D eigenvalue weighted by Crippen LogP contribution is 2.30. The van der Waals surface area contributed by atoms with Crippen LogP contribution in [0.2, 0.25) is 5.02 Å². The third-order valence-electron chi connectivity index (χ3n) is 3.20. The van der Waals surface area contributed by atoms with E-state index in [0.717, 1.165) is 5.52 Å². The Balaban J connectivity index is 2.33. The second-order valence-electron chi connectivity index (χ2n) is 4.45. The van der Waals surface area contributed by atoms with Gasteiger partial charge in [0.1, 0.15) is 17.4 Å². The third kappa shape index (κ3) is 2.45. The number of halogens is 3. The molecule has 0 bridgehead atoms. The molecule has 6 heteroatoms. The van der Waals surface area contributed by atoms with E-state index in [1.165, 1.54) is 12.1 Å². The number of nitrogens with zero attached hydrogens (tertiary/aromatic N) is 2. The van der Waals surface area contributed by atoms with Crippen molar-refractivity contribution in [2.24, 2.45) is 0 Å². The summed E-state index contributed by atoms with van der Waals surface area (Å²) >= 11 is 12.3. The fourth-order valence-corrected chi connectivity index (χ4v) is 2.63. The van der Waals surface area contributed by atoms with Crippen LogP contribution in [0.4, 0.5) is 4.39 Å². The number of rotatable bonds is 3. The molecule has 108 valence electrons. The summed E-state index contributed by atoms with van der Waals surface area (Å²) in [4.78, 5) is 4.36. The molecule has 0 spiro atoms. The molecule has 0 fully saturated rings. The van der Waals surface area contributed by atoms with Crippen LogP contribution in [0.15, 0.2) is 36.4 Å². The number of ether oxygens (including phenoxy) is 1. The van der Waals surface area contributed by atoms with Crippen LogP contribution in [-0.4, -0.2) is 16.7 Å². The molecule has 0 aliphatic rings. The van der Waals surface area contributed by atoms with Crippen LogP contribution in [0, 0.1) is 5.82 Å². The lowest BCUT2D eigenvalue weighted by Crippen LogP contribution is -2.00. The molecule has 1 aromatic heterocycles. The zero-order chi connectivity index (χ0) is 15.0. The van der Waals surface area contributed by atoms with E-state index < -0.39 is 0 Å². The monoisotopic (exact) mass is 324 g/mol. The van der Waals surface area contributed by atoms with Gasteiger partial charge in [-0.05, 0) is 24.3 Å². The summed E-state index contributed by atoms with van der Waals surface area (Å²) in [7, 11) is 1.58. The minimum absolute atomic E-state index is 0.184. The van der Waals surface area contributed by atoms with Crippen molar-refractivity contribution in [2.45, 2.75) is 5.88 Å². The van der Waals surface area contributed by atoms with Gasteiger partial charge in [0.25, 0.3) is 0 Å². The average molecular weight is 325 g/mol. The maximum Gasteiger partial charge on any atom is 0.129 e. The van der Waals surface area contributed by atoms with Crippen molar-refractivity contribution >= 4 is 34.2 Å². The van der Waals surface area contributed by atoms with Gasteiger partial charge in [-0.1, -0.05) is 11.6 Å². The molecule has 21 heavy (non-hydrogen) atoms. The Morgan fingerprint density at radius 1 is 1.24 bits per heavy atom. The van der Waals surface area contributed by atoms with E-state index in [1.807, 2.05) is 4.57 Å². The molecule has 0 unspecified atom stereocenters. The molecule has 0 radical (unpaired) electrons. The maximum absolute atomic E-state index is 13.4. The number of hydrogen-bond acceptors (Lipinski definition) is 2. The van der Waals surface area contributed by atoms with Gasteiger partial charge >= 0.3 is 0 Å². The summed E-state index contributed by atoms with van der Waals surface area (Å²) in [6, 6.07) is 9.71. The van der Waals surface area contributed by atoms with Gasteiger partial charge in [-0.25, -0.2) is 9.37 Å². The Morgan fingerprint density at radius 3 is 2.76 bits per heavy atom. The average Bonchev–Trinajstić information content (AvgIpc) is 2.85. The van der Waals surface area contributed by atoms with Gasteiger partial charge in [0.05, 0.1) is 34.7 Å². The van der Waals surface area contributed by atoms with Crippen molar-refractivity contribution < 1.29 is 9.13 Å². The van der Waals surface area contributed by atoms with Crippen molar-refractivity contribution in [3.63, 3.8) is 0 Å². The molecule has 0 aliphatic heterocycles. The van der Waals surface area contributed by atoms with Gasteiger partial charge < -0.3 is 4.74 Å². The Morgan fingerprint density at radius 2 is 2.05 bits per heavy atom. The fraction of sp³-hybridized carbons (Fsp3) is 0.133. The second kappa shape index (κ2) is 5.54. The molecule has 0 saturated carbocycles. The lowest BCUT2D eigenvalue weighted by atomic mass is 10.2. The SMILES string of the molecule is COc1ccc(Cl)c(-n2c(CCl)nc3cc(F)ccc32)c1. The molecule has 0 N–H and O–H groups in total. The van der Waals surface area contributed by atoms with Crippen LogP contribution < -0.4 is 4.74 Å². The van der Waals surface area contributed by atoms with Crippen molar-refractivity contribution in [3.8, 4) is 11.4 Å². The predicted octanol–water partition coefficient (Wildman–Crippen LogP) is 4.57. The van der Waals surface area contributed by atoms with Gasteiger partial charge in [0, 0.05) is 12.1 Å². The minimum Gasteiger partial charge on any atom is -0.497 e. The number of hydrogen-bond donors (Lipinski definition) is 0. The summed E-state index contributed by atoms with van der Waals surface area (Å²) in [5.41, 5.74) is 1.97. The molecule has 0 atom stereocenters. The van der Waals surface area contributed by atoms with E-state index in [1.54, 1.807) is 31.4 Å². The Hall–Kier alpha value is -1.78. The first-order valence-electron chi connectivity index (χ1n) is 6.21. The molecule has 0 amide bonds. The minimum atomic E-state index is -0.343. The van der Waals surface area contributed by atoms with E-state index in [-0.39, 0.29) is 11.7 Å². The van der Waals surface area contributed by atoms with Crippen molar-refractivity contribution in [1.82, 2.24) is 9.55 Å². The number of imidazole rings is 1. The zero-order valence-electron chi connectivity index (χ0n) is 11.1. The summed E-state index contributed by atoms with van der Waals surface area (Å²) in [6.45, 7) is 0. The standard InChI is InChI=1S/C15H11Cl2FN2O/c1-21-10-3-4-11(17)14(7-10)20-13-5-2-9(18)6-12(13)19-15(20)8-16/h2-7H,8H2,1H3. The molecular formula is C15H11Cl2FN2O. The lowest BCUT2D eigenvalue weighted by molar-refractivity contribution is 0.414. The quantitative estimate of drug-likeness (QED) is 0.660. The topological polar surface area (TPSA) is 27.1 Å². The fourth-order valence-electron chi connectivity index (χ4n) is 2.25. The normalized spacial score (nSPS) is 11.0. The first-order valence-corrected chi connectivity index (χ1v) is 7.12. The van der Waals surface area contributed by atoms with Crippen LogP contribution in [0.3, 0.4) is 0 Å². The number of methoxy groups -OCH3 is 1. The largest absolute Gasteiger partial charge is 0.497 e. The number of aromatic nitrogens is 2. The van der Waals surface area contributed by atoms with Crippen LogP contribution in [-0.2, 0) is 5.88 Å².